The predicted octanol–water partition coefficient (Wildman–Crippen LogP) is 3.56. The Kier molecular flexibility index (Phi) is 5.39. The van der Waals surface area contributed by atoms with Crippen LogP contribution in [-0.2, 0) is 4.79 Å². The SMILES string of the molecule is CC(N)CCC(=O)Nc1cc(-c2cc(Br)ccc2Cl)[nH]n1. The summed E-state index contributed by atoms with van der Waals surface area (Å²) in [7, 11) is 0. The molecule has 7 heteroatoms. The van der Waals surface area contributed by atoms with Gasteiger partial charge in [0, 0.05) is 28.6 Å². The number of rotatable bonds is 5. The van der Waals surface area contributed by atoms with E-state index in [1.165, 1.54) is 0 Å². The molecule has 2 rings (SSSR count). The van der Waals surface area contributed by atoms with Gasteiger partial charge in [-0.15, -0.1) is 0 Å². The molecule has 0 radical (unpaired) electrons. The van der Waals surface area contributed by atoms with Gasteiger partial charge in [-0.3, -0.25) is 9.89 Å². The van der Waals surface area contributed by atoms with Crippen LogP contribution in [0.2, 0.25) is 5.02 Å². The Morgan fingerprint density at radius 1 is 1.52 bits per heavy atom. The molecule has 2 aromatic rings. The number of H-pyrrole nitrogens is 1. The number of halogens is 2. The maximum Gasteiger partial charge on any atom is 0.225 e. The van der Waals surface area contributed by atoms with Gasteiger partial charge in [-0.1, -0.05) is 27.5 Å². The Morgan fingerprint density at radius 3 is 3.00 bits per heavy atom. The van der Waals surface area contributed by atoms with Crippen LogP contribution in [0.4, 0.5) is 5.82 Å². The van der Waals surface area contributed by atoms with Crippen LogP contribution in [0, 0.1) is 0 Å². The number of amides is 1. The summed E-state index contributed by atoms with van der Waals surface area (Å²) in [5.41, 5.74) is 7.18. The largest absolute Gasteiger partial charge is 0.328 e. The van der Waals surface area contributed by atoms with E-state index in [4.69, 9.17) is 17.3 Å². The number of anilines is 1. The minimum absolute atomic E-state index is 0.00553. The Labute approximate surface area is 136 Å². The third-order valence-electron chi connectivity index (χ3n) is 2.89. The first kappa shape index (κ1) is 16.0. The van der Waals surface area contributed by atoms with E-state index < -0.39 is 0 Å². The van der Waals surface area contributed by atoms with Crippen LogP contribution in [0.15, 0.2) is 28.7 Å². The van der Waals surface area contributed by atoms with Crippen molar-refractivity contribution in [2.45, 2.75) is 25.8 Å². The second-order valence-corrected chi connectivity index (χ2v) is 6.18. The zero-order chi connectivity index (χ0) is 15.4. The van der Waals surface area contributed by atoms with Crippen molar-refractivity contribution in [3.05, 3.63) is 33.8 Å². The lowest BCUT2D eigenvalue weighted by Crippen LogP contribution is -2.19. The van der Waals surface area contributed by atoms with Gasteiger partial charge in [-0.2, -0.15) is 5.10 Å². The van der Waals surface area contributed by atoms with Crippen LogP contribution < -0.4 is 11.1 Å². The van der Waals surface area contributed by atoms with Crippen molar-refractivity contribution in [2.75, 3.05) is 5.32 Å². The summed E-state index contributed by atoms with van der Waals surface area (Å²) in [5, 5.41) is 10.3. The predicted molar refractivity (Wildman–Crippen MR) is 88.2 cm³/mol. The Morgan fingerprint density at radius 2 is 2.29 bits per heavy atom. The van der Waals surface area contributed by atoms with Crippen molar-refractivity contribution >= 4 is 39.3 Å². The highest BCUT2D eigenvalue weighted by Crippen LogP contribution is 2.30. The topological polar surface area (TPSA) is 83.8 Å². The number of carbonyl (C=O) groups excluding carboxylic acids is 1. The number of nitrogens with zero attached hydrogens (tertiary/aromatic N) is 1. The lowest BCUT2D eigenvalue weighted by Gasteiger charge is -2.04. The molecule has 1 aromatic heterocycles. The zero-order valence-corrected chi connectivity index (χ0v) is 13.8. The standard InChI is InChI=1S/C14H16BrClN4O/c1-8(17)2-5-14(21)18-13-7-12(19-20-13)10-6-9(15)3-4-11(10)16/h3-4,6-8H,2,5,17H2,1H3,(H2,18,19,20,21). The molecule has 21 heavy (non-hydrogen) atoms. The van der Waals surface area contributed by atoms with Gasteiger partial charge >= 0.3 is 0 Å². The van der Waals surface area contributed by atoms with E-state index >= 15 is 0 Å². The number of aromatic amines is 1. The van der Waals surface area contributed by atoms with E-state index in [2.05, 4.69) is 31.4 Å². The molecule has 0 bridgehead atoms. The van der Waals surface area contributed by atoms with E-state index in [0.29, 0.717) is 23.7 Å². The fourth-order valence-corrected chi connectivity index (χ4v) is 2.37. The molecule has 4 N–H and O–H groups in total. The van der Waals surface area contributed by atoms with Gasteiger partial charge in [-0.25, -0.2) is 0 Å². The minimum Gasteiger partial charge on any atom is -0.328 e. The smallest absolute Gasteiger partial charge is 0.225 e. The lowest BCUT2D eigenvalue weighted by molar-refractivity contribution is -0.116. The van der Waals surface area contributed by atoms with Crippen LogP contribution >= 0.6 is 27.5 Å². The first-order valence-corrected chi connectivity index (χ1v) is 7.69. The first-order chi connectivity index (χ1) is 9.95. The van der Waals surface area contributed by atoms with Gasteiger partial charge in [0.1, 0.15) is 0 Å². The summed E-state index contributed by atoms with van der Waals surface area (Å²) in [6.45, 7) is 1.87. The number of hydrogen-bond acceptors (Lipinski definition) is 3. The summed E-state index contributed by atoms with van der Waals surface area (Å²) in [4.78, 5) is 11.7. The van der Waals surface area contributed by atoms with Crippen molar-refractivity contribution < 1.29 is 4.79 Å². The summed E-state index contributed by atoms with van der Waals surface area (Å²) in [5.74, 6) is 0.362. The van der Waals surface area contributed by atoms with E-state index in [0.717, 1.165) is 15.7 Å². The third kappa shape index (κ3) is 4.56. The molecule has 1 amide bonds. The van der Waals surface area contributed by atoms with Crippen molar-refractivity contribution in [2.24, 2.45) is 5.73 Å². The fourth-order valence-electron chi connectivity index (χ4n) is 1.79. The Bertz CT molecular complexity index is 642. The highest BCUT2D eigenvalue weighted by molar-refractivity contribution is 9.10. The molecule has 0 fully saturated rings. The zero-order valence-electron chi connectivity index (χ0n) is 11.5. The van der Waals surface area contributed by atoms with Crippen molar-refractivity contribution in [1.29, 1.82) is 0 Å². The molecule has 1 unspecified atom stereocenters. The van der Waals surface area contributed by atoms with E-state index in [-0.39, 0.29) is 11.9 Å². The Balaban J connectivity index is 2.08. The minimum atomic E-state index is -0.106. The van der Waals surface area contributed by atoms with Gasteiger partial charge in [-0.05, 0) is 31.5 Å². The van der Waals surface area contributed by atoms with Crippen molar-refractivity contribution in [1.82, 2.24) is 10.2 Å². The first-order valence-electron chi connectivity index (χ1n) is 6.52. The van der Waals surface area contributed by atoms with Crippen LogP contribution in [-0.4, -0.2) is 22.1 Å². The summed E-state index contributed by atoms with van der Waals surface area (Å²) in [6.07, 6.45) is 1.01. The quantitative estimate of drug-likeness (QED) is 0.751. The average Bonchev–Trinajstić information content (AvgIpc) is 2.87. The van der Waals surface area contributed by atoms with E-state index in [1.807, 2.05) is 19.1 Å². The van der Waals surface area contributed by atoms with Crippen LogP contribution in [0.3, 0.4) is 0 Å². The van der Waals surface area contributed by atoms with Crippen molar-refractivity contribution in [3.8, 4) is 11.3 Å². The van der Waals surface area contributed by atoms with Crippen LogP contribution in [0.1, 0.15) is 19.8 Å². The number of benzene rings is 1. The molecule has 112 valence electrons. The highest BCUT2D eigenvalue weighted by atomic mass is 79.9. The molecule has 0 aliphatic heterocycles. The molecular weight excluding hydrogens is 356 g/mol. The molecule has 1 heterocycles. The number of nitrogens with two attached hydrogens (primary N) is 1. The monoisotopic (exact) mass is 370 g/mol. The maximum absolute atomic E-state index is 11.7. The van der Waals surface area contributed by atoms with Crippen LogP contribution in [0.25, 0.3) is 11.3 Å². The summed E-state index contributed by atoms with van der Waals surface area (Å²) < 4.78 is 0.916. The molecule has 0 spiro atoms. The fraction of sp³-hybridized carbons (Fsp3) is 0.286. The molecule has 0 aliphatic rings. The molecule has 0 saturated carbocycles. The average molecular weight is 372 g/mol. The molecular formula is C14H16BrClN4O. The molecule has 0 aliphatic carbocycles. The van der Waals surface area contributed by atoms with Gasteiger partial charge in [0.25, 0.3) is 0 Å². The number of hydrogen-bond donors (Lipinski definition) is 3. The van der Waals surface area contributed by atoms with Crippen molar-refractivity contribution in [3.63, 3.8) is 0 Å². The van der Waals surface area contributed by atoms with E-state index in [9.17, 15) is 4.79 Å². The van der Waals surface area contributed by atoms with E-state index in [1.54, 1.807) is 12.1 Å². The molecule has 1 aromatic carbocycles. The number of carbonyl (C=O) groups is 1. The van der Waals surface area contributed by atoms with Gasteiger partial charge in [0.2, 0.25) is 5.91 Å². The number of aromatic nitrogens is 2. The summed E-state index contributed by atoms with van der Waals surface area (Å²) >= 11 is 9.56. The second kappa shape index (κ2) is 7.06. The highest BCUT2D eigenvalue weighted by Gasteiger charge is 2.10. The van der Waals surface area contributed by atoms with Crippen LogP contribution in [0.5, 0.6) is 0 Å². The maximum atomic E-state index is 11.7. The third-order valence-corrected chi connectivity index (χ3v) is 3.71. The number of nitrogens with one attached hydrogen (secondary N) is 2. The van der Waals surface area contributed by atoms with Gasteiger partial charge in [0.15, 0.2) is 5.82 Å². The Hall–Kier alpha value is -1.37. The molecule has 1 atom stereocenters. The molecule has 0 saturated heterocycles. The normalized spacial score (nSPS) is 12.2. The second-order valence-electron chi connectivity index (χ2n) is 4.86. The summed E-state index contributed by atoms with van der Waals surface area (Å²) in [6, 6.07) is 7.29. The van der Waals surface area contributed by atoms with Gasteiger partial charge in [0.05, 0.1) is 10.7 Å². The lowest BCUT2D eigenvalue weighted by atomic mass is 10.1. The van der Waals surface area contributed by atoms with Gasteiger partial charge < -0.3 is 11.1 Å². The molecule has 5 nitrogen and oxygen atoms in total.